The van der Waals surface area contributed by atoms with Crippen LogP contribution in [0.3, 0.4) is 0 Å². The SMILES string of the molecule is C=C(C)c1ccc2c(c1O)C(=O)C1C(=O)[C@]3(O)C(=O)C(C(N)=O)C(=O)C(N(C)C)[C@@H]3[C@@H](O)[C@@H]1[C@H]2C. The van der Waals surface area contributed by atoms with Crippen LogP contribution in [0.25, 0.3) is 5.57 Å². The third-order valence-electron chi connectivity index (χ3n) is 7.95. The fourth-order valence-corrected chi connectivity index (χ4v) is 6.33. The number of phenolic OH excluding ortho intramolecular Hbond substituents is 1. The topological polar surface area (TPSA) is 175 Å². The number of nitrogens with zero attached hydrogens (tertiary/aromatic N) is 1. The molecule has 8 atom stereocenters. The van der Waals surface area contributed by atoms with Gasteiger partial charge in [-0.1, -0.05) is 25.6 Å². The first-order valence-corrected chi connectivity index (χ1v) is 11.2. The Bertz CT molecular complexity index is 1220. The molecule has 0 spiro atoms. The van der Waals surface area contributed by atoms with E-state index >= 15 is 0 Å². The van der Waals surface area contributed by atoms with Gasteiger partial charge in [-0.25, -0.2) is 0 Å². The smallest absolute Gasteiger partial charge is 0.235 e. The average Bonchev–Trinajstić information content (AvgIpc) is 2.75. The number of benzene rings is 1. The molecular weight excluding hydrogens is 456 g/mol. The van der Waals surface area contributed by atoms with Crippen molar-refractivity contribution >= 4 is 34.6 Å². The van der Waals surface area contributed by atoms with E-state index in [1.807, 2.05) is 0 Å². The van der Waals surface area contributed by atoms with Gasteiger partial charge in [-0.2, -0.15) is 0 Å². The Morgan fingerprint density at radius 2 is 1.74 bits per heavy atom. The number of aromatic hydroxyl groups is 1. The molecule has 0 aliphatic heterocycles. The second-order valence-electron chi connectivity index (χ2n) is 10.1. The summed E-state index contributed by atoms with van der Waals surface area (Å²) in [4.78, 5) is 67.2. The number of primary amides is 1. The van der Waals surface area contributed by atoms with E-state index in [1.54, 1.807) is 26.0 Å². The number of carbonyl (C=O) groups is 5. The minimum absolute atomic E-state index is 0.142. The van der Waals surface area contributed by atoms with E-state index in [4.69, 9.17) is 5.73 Å². The number of allylic oxidation sites excluding steroid dienone is 1. The molecule has 0 radical (unpaired) electrons. The standard InChI is InChI=1S/C25H28N2O8/c1-8(2)10-6-7-11-9(3)12-14(19(29)13(11)18(10)28)22(32)25(35)16(20(12)30)17(27(4)5)21(31)15(23(25)33)24(26)34/h6-7,9,12,14-17,20,28,30,35H,1H2,2-5H3,(H2,26,34)/t9-,12+,14?,15?,16+,17?,20-,25-/m0/s1. The summed E-state index contributed by atoms with van der Waals surface area (Å²) in [6.07, 6.45) is -1.65. The van der Waals surface area contributed by atoms with Crippen LogP contribution < -0.4 is 5.73 Å². The molecule has 186 valence electrons. The van der Waals surface area contributed by atoms with E-state index in [-0.39, 0.29) is 11.3 Å². The monoisotopic (exact) mass is 484 g/mol. The molecule has 1 aromatic carbocycles. The number of hydrogen-bond acceptors (Lipinski definition) is 9. The van der Waals surface area contributed by atoms with E-state index in [2.05, 4.69) is 6.58 Å². The molecule has 0 heterocycles. The first kappa shape index (κ1) is 24.9. The van der Waals surface area contributed by atoms with Gasteiger partial charge >= 0.3 is 0 Å². The predicted molar refractivity (Wildman–Crippen MR) is 122 cm³/mol. The first-order valence-electron chi connectivity index (χ1n) is 11.2. The molecule has 5 N–H and O–H groups in total. The Kier molecular flexibility index (Phi) is 5.62. The zero-order chi connectivity index (χ0) is 26.3. The number of likely N-dealkylation sites (N-methyl/N-ethyl adjacent to an activating group) is 1. The second kappa shape index (κ2) is 7.91. The van der Waals surface area contributed by atoms with Crippen LogP contribution in [0, 0.1) is 23.7 Å². The van der Waals surface area contributed by atoms with Crippen molar-refractivity contribution in [3.05, 3.63) is 35.4 Å². The quantitative estimate of drug-likeness (QED) is 0.409. The number of Topliss-reactive ketones (excluding diaryl/α,β-unsaturated/α-hetero) is 4. The molecule has 1 aromatic rings. The summed E-state index contributed by atoms with van der Waals surface area (Å²) >= 11 is 0. The van der Waals surface area contributed by atoms with Crippen molar-refractivity contribution in [3.63, 3.8) is 0 Å². The molecular formula is C25H28N2O8. The van der Waals surface area contributed by atoms with Crippen LogP contribution >= 0.6 is 0 Å². The van der Waals surface area contributed by atoms with E-state index in [0.717, 1.165) is 0 Å². The number of hydrogen-bond donors (Lipinski definition) is 4. The van der Waals surface area contributed by atoms with Gasteiger partial charge in [0.15, 0.2) is 34.7 Å². The fourth-order valence-electron chi connectivity index (χ4n) is 6.33. The molecule has 1 amide bonds. The highest BCUT2D eigenvalue weighted by Crippen LogP contribution is 2.54. The van der Waals surface area contributed by atoms with Gasteiger partial charge in [0, 0.05) is 11.5 Å². The molecule has 10 heteroatoms. The lowest BCUT2D eigenvalue weighted by Crippen LogP contribution is -2.77. The lowest BCUT2D eigenvalue weighted by molar-refractivity contribution is -0.196. The Balaban J connectivity index is 1.97. The second-order valence-corrected chi connectivity index (χ2v) is 10.1. The highest BCUT2D eigenvalue weighted by atomic mass is 16.3. The molecule has 4 rings (SSSR count). The van der Waals surface area contributed by atoms with Gasteiger partial charge in [-0.15, -0.1) is 0 Å². The van der Waals surface area contributed by atoms with Crippen molar-refractivity contribution in [3.8, 4) is 5.75 Å². The number of aliphatic hydroxyl groups excluding tert-OH is 1. The highest BCUT2D eigenvalue weighted by Gasteiger charge is 2.72. The summed E-state index contributed by atoms with van der Waals surface area (Å²) in [6, 6.07) is 1.80. The Labute approximate surface area is 201 Å². The zero-order valence-corrected chi connectivity index (χ0v) is 19.8. The number of rotatable bonds is 3. The number of nitrogens with two attached hydrogens (primary N) is 1. The number of aliphatic hydroxyl groups is 2. The van der Waals surface area contributed by atoms with Crippen molar-refractivity contribution in [2.45, 2.75) is 37.5 Å². The molecule has 3 aliphatic rings. The number of carbonyl (C=O) groups excluding carboxylic acids is 5. The van der Waals surface area contributed by atoms with Crippen LogP contribution in [-0.4, -0.2) is 81.1 Å². The molecule has 0 saturated heterocycles. The summed E-state index contributed by atoms with van der Waals surface area (Å²) in [5, 5.41) is 33.9. The van der Waals surface area contributed by atoms with E-state index in [9.17, 15) is 39.3 Å². The summed E-state index contributed by atoms with van der Waals surface area (Å²) in [7, 11) is 2.89. The number of fused-ring (bicyclic) bond motifs is 3. The maximum absolute atomic E-state index is 13.8. The van der Waals surface area contributed by atoms with Crippen LogP contribution in [0.2, 0.25) is 0 Å². The first-order chi connectivity index (χ1) is 16.2. The van der Waals surface area contributed by atoms with Crippen molar-refractivity contribution < 1.29 is 39.3 Å². The maximum Gasteiger partial charge on any atom is 0.235 e. The molecule has 0 aromatic heterocycles. The Morgan fingerprint density at radius 1 is 1.14 bits per heavy atom. The number of ketones is 4. The summed E-state index contributed by atoms with van der Waals surface area (Å²) in [5.74, 6) is -13.3. The van der Waals surface area contributed by atoms with Crippen molar-refractivity contribution in [1.82, 2.24) is 4.90 Å². The van der Waals surface area contributed by atoms with Crippen LogP contribution in [0.1, 0.15) is 41.3 Å². The Morgan fingerprint density at radius 3 is 2.26 bits per heavy atom. The van der Waals surface area contributed by atoms with E-state index in [0.29, 0.717) is 16.7 Å². The molecule has 35 heavy (non-hydrogen) atoms. The summed E-state index contributed by atoms with van der Waals surface area (Å²) in [6.45, 7) is 7.07. The zero-order valence-electron chi connectivity index (χ0n) is 19.8. The van der Waals surface area contributed by atoms with Crippen molar-refractivity contribution in [2.24, 2.45) is 29.4 Å². The molecule has 3 unspecified atom stereocenters. The lowest BCUT2D eigenvalue weighted by Gasteiger charge is -2.56. The van der Waals surface area contributed by atoms with Crippen LogP contribution in [0.5, 0.6) is 5.75 Å². The third kappa shape index (κ3) is 3.03. The summed E-state index contributed by atoms with van der Waals surface area (Å²) in [5.41, 5.74) is 3.30. The third-order valence-corrected chi connectivity index (χ3v) is 7.95. The van der Waals surface area contributed by atoms with Gasteiger partial charge < -0.3 is 21.1 Å². The van der Waals surface area contributed by atoms with Crippen molar-refractivity contribution in [2.75, 3.05) is 14.1 Å². The fraction of sp³-hybridized carbons (Fsp3) is 0.480. The molecule has 0 bridgehead atoms. The Hall–Kier alpha value is -3.21. The minimum atomic E-state index is -3.00. The van der Waals surface area contributed by atoms with Crippen LogP contribution in [-0.2, 0) is 19.2 Å². The van der Waals surface area contributed by atoms with Gasteiger partial charge in [0.2, 0.25) is 5.91 Å². The minimum Gasteiger partial charge on any atom is -0.507 e. The predicted octanol–water partition coefficient (Wildman–Crippen LogP) is -0.568. The van der Waals surface area contributed by atoms with Crippen LogP contribution in [0.15, 0.2) is 18.7 Å². The van der Waals surface area contributed by atoms with Gasteiger partial charge in [0.25, 0.3) is 0 Å². The van der Waals surface area contributed by atoms with Gasteiger partial charge in [0.05, 0.1) is 29.5 Å². The average molecular weight is 485 g/mol. The normalized spacial score (nSPS) is 36.5. The van der Waals surface area contributed by atoms with Gasteiger partial charge in [-0.3, -0.25) is 28.9 Å². The van der Waals surface area contributed by atoms with Gasteiger partial charge in [-0.05, 0) is 38.1 Å². The molecule has 2 fully saturated rings. The summed E-state index contributed by atoms with van der Waals surface area (Å²) < 4.78 is 0. The molecule has 10 nitrogen and oxygen atoms in total. The van der Waals surface area contributed by atoms with Crippen molar-refractivity contribution in [1.29, 1.82) is 0 Å². The number of amides is 1. The van der Waals surface area contributed by atoms with Crippen LogP contribution in [0.4, 0.5) is 0 Å². The molecule has 2 saturated carbocycles. The maximum atomic E-state index is 13.8. The largest absolute Gasteiger partial charge is 0.507 e. The van der Waals surface area contributed by atoms with E-state index < -0.39 is 76.4 Å². The lowest BCUT2D eigenvalue weighted by atomic mass is 9.49. The molecule has 3 aliphatic carbocycles. The highest BCUT2D eigenvalue weighted by molar-refractivity contribution is 6.32. The van der Waals surface area contributed by atoms with Gasteiger partial charge in [0.1, 0.15) is 5.75 Å². The number of phenols is 1. The van der Waals surface area contributed by atoms with E-state index in [1.165, 1.54) is 19.0 Å².